The first-order valence-corrected chi connectivity index (χ1v) is 7.40. The monoisotopic (exact) mass is 324 g/mol. The van der Waals surface area contributed by atoms with Gasteiger partial charge in [0.1, 0.15) is 0 Å². The summed E-state index contributed by atoms with van der Waals surface area (Å²) in [4.78, 5) is 4.31. The van der Waals surface area contributed by atoms with E-state index in [-0.39, 0.29) is 0 Å². The second-order valence-corrected chi connectivity index (χ2v) is 5.05. The average Bonchev–Trinajstić information content (AvgIpc) is 2.64. The van der Waals surface area contributed by atoms with Crippen LogP contribution in [0.25, 0.3) is 0 Å². The Morgan fingerprint density at radius 1 is 1.08 bits per heavy atom. The summed E-state index contributed by atoms with van der Waals surface area (Å²) in [5.74, 6) is 1.70. The summed E-state index contributed by atoms with van der Waals surface area (Å²) < 4.78 is 10.5. The molecule has 0 aromatic heterocycles. The molecule has 0 heterocycles. The van der Waals surface area contributed by atoms with Gasteiger partial charge in [-0.2, -0.15) is 5.26 Å². The maximum atomic E-state index is 8.77. The molecule has 0 aliphatic rings. The predicted octanol–water partition coefficient (Wildman–Crippen LogP) is 2.18. The second-order valence-electron chi connectivity index (χ2n) is 5.05. The van der Waals surface area contributed by atoms with E-state index in [2.05, 4.69) is 16.4 Å². The number of hydrogen-bond donors (Lipinski definition) is 2. The number of nitriles is 1. The lowest BCUT2D eigenvalue weighted by molar-refractivity contribution is 0.354. The molecule has 0 radical (unpaired) electrons. The summed E-state index contributed by atoms with van der Waals surface area (Å²) in [6, 6.07) is 15.0. The van der Waals surface area contributed by atoms with Crippen LogP contribution in [0.3, 0.4) is 0 Å². The molecule has 0 amide bonds. The zero-order valence-corrected chi connectivity index (χ0v) is 13.7. The van der Waals surface area contributed by atoms with Crippen molar-refractivity contribution in [2.75, 3.05) is 14.2 Å². The average molecular weight is 324 g/mol. The van der Waals surface area contributed by atoms with Gasteiger partial charge in [-0.15, -0.1) is 0 Å². The summed E-state index contributed by atoms with van der Waals surface area (Å²) in [5.41, 5.74) is 8.51. The van der Waals surface area contributed by atoms with Crippen molar-refractivity contribution < 1.29 is 9.47 Å². The van der Waals surface area contributed by atoms with Crippen LogP contribution < -0.4 is 20.5 Å². The van der Waals surface area contributed by atoms with Crippen molar-refractivity contribution in [1.29, 1.82) is 5.26 Å². The lowest BCUT2D eigenvalue weighted by atomic mass is 10.1. The Morgan fingerprint density at radius 2 is 1.75 bits per heavy atom. The predicted molar refractivity (Wildman–Crippen MR) is 92.9 cm³/mol. The van der Waals surface area contributed by atoms with Crippen LogP contribution in [0.2, 0.25) is 0 Å². The smallest absolute Gasteiger partial charge is 0.189 e. The van der Waals surface area contributed by atoms with Crippen LogP contribution in [-0.4, -0.2) is 20.2 Å². The minimum atomic E-state index is 0.356. The molecule has 0 saturated carbocycles. The van der Waals surface area contributed by atoms with E-state index in [4.69, 9.17) is 20.5 Å². The van der Waals surface area contributed by atoms with E-state index in [1.54, 1.807) is 26.4 Å². The Bertz CT molecular complexity index is 749. The molecule has 3 N–H and O–H groups in total. The quantitative estimate of drug-likeness (QED) is 0.627. The van der Waals surface area contributed by atoms with Gasteiger partial charge < -0.3 is 20.5 Å². The SMILES string of the molecule is COc1ccc(CN=C(N)NCc2ccc(C#N)cc2)cc1OC. The number of rotatable bonds is 6. The van der Waals surface area contributed by atoms with Gasteiger partial charge in [0.05, 0.1) is 32.4 Å². The van der Waals surface area contributed by atoms with Gasteiger partial charge >= 0.3 is 0 Å². The highest BCUT2D eigenvalue weighted by Crippen LogP contribution is 2.27. The molecule has 0 aliphatic heterocycles. The molecule has 6 nitrogen and oxygen atoms in total. The van der Waals surface area contributed by atoms with Crippen LogP contribution >= 0.6 is 0 Å². The van der Waals surface area contributed by atoms with Crippen LogP contribution in [0.15, 0.2) is 47.5 Å². The van der Waals surface area contributed by atoms with Gasteiger partial charge in [-0.05, 0) is 35.4 Å². The third-order valence-electron chi connectivity index (χ3n) is 3.44. The molecular weight excluding hydrogens is 304 g/mol. The Hall–Kier alpha value is -3.20. The van der Waals surface area contributed by atoms with Gasteiger partial charge in [0.2, 0.25) is 0 Å². The molecular formula is C18H20N4O2. The van der Waals surface area contributed by atoms with Crippen LogP contribution in [-0.2, 0) is 13.1 Å². The highest BCUT2D eigenvalue weighted by atomic mass is 16.5. The van der Waals surface area contributed by atoms with Crippen LogP contribution in [0.5, 0.6) is 11.5 Å². The molecule has 0 spiro atoms. The van der Waals surface area contributed by atoms with E-state index in [0.29, 0.717) is 36.1 Å². The molecule has 0 atom stereocenters. The van der Waals surface area contributed by atoms with Crippen molar-refractivity contribution in [3.8, 4) is 17.6 Å². The van der Waals surface area contributed by atoms with E-state index in [1.165, 1.54) is 0 Å². The van der Waals surface area contributed by atoms with Gasteiger partial charge in [-0.1, -0.05) is 18.2 Å². The fourth-order valence-electron chi connectivity index (χ4n) is 2.10. The molecule has 0 unspecified atom stereocenters. The number of methoxy groups -OCH3 is 2. The molecule has 124 valence electrons. The van der Waals surface area contributed by atoms with Crippen LogP contribution in [0, 0.1) is 11.3 Å². The summed E-state index contributed by atoms with van der Waals surface area (Å²) in [6.45, 7) is 0.986. The van der Waals surface area contributed by atoms with Gasteiger partial charge in [0.15, 0.2) is 17.5 Å². The van der Waals surface area contributed by atoms with Gasteiger partial charge in [0, 0.05) is 6.54 Å². The Morgan fingerprint density at radius 3 is 2.38 bits per heavy atom. The first kappa shape index (κ1) is 17.2. The number of guanidine groups is 1. The van der Waals surface area contributed by atoms with E-state index < -0.39 is 0 Å². The molecule has 0 bridgehead atoms. The summed E-state index contributed by atoms with van der Waals surface area (Å²) in [7, 11) is 3.19. The first-order chi connectivity index (χ1) is 11.7. The Kier molecular flexibility index (Phi) is 6.03. The summed E-state index contributed by atoms with van der Waals surface area (Å²) in [6.07, 6.45) is 0. The van der Waals surface area contributed by atoms with Gasteiger partial charge in [0.25, 0.3) is 0 Å². The summed E-state index contributed by atoms with van der Waals surface area (Å²) >= 11 is 0. The lowest BCUT2D eigenvalue weighted by Crippen LogP contribution is -2.31. The zero-order chi connectivity index (χ0) is 17.4. The van der Waals surface area contributed by atoms with Crippen molar-refractivity contribution in [3.63, 3.8) is 0 Å². The minimum Gasteiger partial charge on any atom is -0.493 e. The van der Waals surface area contributed by atoms with E-state index in [9.17, 15) is 0 Å². The third-order valence-corrected chi connectivity index (χ3v) is 3.44. The van der Waals surface area contributed by atoms with Crippen molar-refractivity contribution in [1.82, 2.24) is 5.32 Å². The fraction of sp³-hybridized carbons (Fsp3) is 0.222. The second kappa shape index (κ2) is 8.44. The van der Waals surface area contributed by atoms with Gasteiger partial charge in [-0.3, -0.25) is 0 Å². The highest BCUT2D eigenvalue weighted by Gasteiger charge is 2.04. The van der Waals surface area contributed by atoms with Crippen molar-refractivity contribution >= 4 is 5.96 Å². The molecule has 0 saturated heterocycles. The maximum Gasteiger partial charge on any atom is 0.189 e. The zero-order valence-electron chi connectivity index (χ0n) is 13.7. The van der Waals surface area contributed by atoms with E-state index in [1.807, 2.05) is 30.3 Å². The Balaban J connectivity index is 1.92. The molecule has 2 aromatic carbocycles. The molecule has 0 fully saturated rings. The van der Waals surface area contributed by atoms with Crippen LogP contribution in [0.1, 0.15) is 16.7 Å². The number of nitrogens with two attached hydrogens (primary N) is 1. The van der Waals surface area contributed by atoms with Crippen molar-refractivity contribution in [2.24, 2.45) is 10.7 Å². The number of nitrogens with zero attached hydrogens (tertiary/aromatic N) is 2. The highest BCUT2D eigenvalue weighted by molar-refractivity contribution is 5.77. The maximum absolute atomic E-state index is 8.77. The third kappa shape index (κ3) is 4.65. The Labute approximate surface area is 141 Å². The normalized spacial score (nSPS) is 10.8. The number of aliphatic imine (C=N–C) groups is 1. The topological polar surface area (TPSA) is 92.7 Å². The van der Waals surface area contributed by atoms with Crippen LogP contribution in [0.4, 0.5) is 0 Å². The van der Waals surface area contributed by atoms with Crippen molar-refractivity contribution in [2.45, 2.75) is 13.1 Å². The molecule has 6 heteroatoms. The lowest BCUT2D eigenvalue weighted by Gasteiger charge is -2.09. The number of ether oxygens (including phenoxy) is 2. The van der Waals surface area contributed by atoms with Crippen molar-refractivity contribution in [3.05, 3.63) is 59.2 Å². The molecule has 24 heavy (non-hydrogen) atoms. The molecule has 2 aromatic rings. The van der Waals surface area contributed by atoms with Gasteiger partial charge in [-0.25, -0.2) is 4.99 Å². The molecule has 0 aliphatic carbocycles. The summed E-state index contributed by atoms with van der Waals surface area (Å²) in [5, 5.41) is 11.8. The largest absolute Gasteiger partial charge is 0.493 e. The number of hydrogen-bond acceptors (Lipinski definition) is 4. The number of benzene rings is 2. The van der Waals surface area contributed by atoms with E-state index >= 15 is 0 Å². The molecule has 2 rings (SSSR count). The fourth-order valence-corrected chi connectivity index (χ4v) is 2.10. The standard InChI is InChI=1S/C18H20N4O2/c1-23-16-8-7-15(9-17(16)24-2)12-22-18(20)21-11-14-5-3-13(10-19)4-6-14/h3-9H,11-12H2,1-2H3,(H3,20,21,22). The first-order valence-electron chi connectivity index (χ1n) is 7.40. The van der Waals surface area contributed by atoms with E-state index in [0.717, 1.165) is 11.1 Å². The minimum absolute atomic E-state index is 0.356. The number of nitrogens with one attached hydrogen (secondary N) is 1.